The number of anilines is 1. The maximum atomic E-state index is 14.2. The van der Waals surface area contributed by atoms with E-state index in [-0.39, 0.29) is 17.2 Å². The molecule has 0 saturated carbocycles. The van der Waals surface area contributed by atoms with Crippen LogP contribution in [0, 0.1) is 17.0 Å². The Balaban J connectivity index is 1.89. The number of nitrogens with two attached hydrogens (primary N) is 1. The van der Waals surface area contributed by atoms with Gasteiger partial charge in [0.1, 0.15) is 17.5 Å². The smallest absolute Gasteiger partial charge is 0.136 e. The Morgan fingerprint density at radius 2 is 1.96 bits per heavy atom. The van der Waals surface area contributed by atoms with Crippen LogP contribution in [-0.4, -0.2) is 24.6 Å². The van der Waals surface area contributed by atoms with Gasteiger partial charge < -0.3 is 16.5 Å². The second-order valence-electron chi connectivity index (χ2n) is 5.73. The van der Waals surface area contributed by atoms with Crippen LogP contribution in [0.2, 0.25) is 0 Å². The van der Waals surface area contributed by atoms with Crippen LogP contribution in [0.4, 0.5) is 14.5 Å². The van der Waals surface area contributed by atoms with Gasteiger partial charge in [-0.3, -0.25) is 4.99 Å². The van der Waals surface area contributed by atoms with Gasteiger partial charge in [0.15, 0.2) is 0 Å². The SMILES string of the molecule is N=C(/C=C/c1ccc(F)cc1)c1cc(C2=NCCCN2)c(F)cc1N. The summed E-state index contributed by atoms with van der Waals surface area (Å²) >= 11 is 0. The van der Waals surface area contributed by atoms with Crippen LogP contribution < -0.4 is 11.1 Å². The van der Waals surface area contributed by atoms with E-state index in [9.17, 15) is 8.78 Å². The average Bonchev–Trinajstić information content (AvgIpc) is 2.62. The number of allylic oxidation sites excluding steroid dienone is 1. The van der Waals surface area contributed by atoms with Gasteiger partial charge in [-0.15, -0.1) is 0 Å². The molecule has 4 N–H and O–H groups in total. The van der Waals surface area contributed by atoms with Crippen LogP contribution in [0.1, 0.15) is 23.1 Å². The number of nitrogens with one attached hydrogen (secondary N) is 2. The molecule has 128 valence electrons. The van der Waals surface area contributed by atoms with Crippen LogP contribution in [0.15, 0.2) is 47.5 Å². The van der Waals surface area contributed by atoms with Crippen molar-refractivity contribution in [3.05, 3.63) is 70.8 Å². The zero-order chi connectivity index (χ0) is 17.8. The van der Waals surface area contributed by atoms with Crippen LogP contribution in [0.5, 0.6) is 0 Å². The zero-order valence-electron chi connectivity index (χ0n) is 13.5. The summed E-state index contributed by atoms with van der Waals surface area (Å²) in [5.41, 5.74) is 7.70. The molecule has 1 aliphatic heterocycles. The van der Waals surface area contributed by atoms with E-state index in [1.54, 1.807) is 30.4 Å². The highest BCUT2D eigenvalue weighted by Crippen LogP contribution is 2.20. The summed E-state index contributed by atoms with van der Waals surface area (Å²) in [7, 11) is 0. The van der Waals surface area contributed by atoms with E-state index >= 15 is 0 Å². The summed E-state index contributed by atoms with van der Waals surface area (Å²) in [5, 5.41) is 11.3. The normalized spacial score (nSPS) is 14.2. The van der Waals surface area contributed by atoms with Crippen molar-refractivity contribution >= 4 is 23.3 Å². The van der Waals surface area contributed by atoms with E-state index in [0.29, 0.717) is 23.5 Å². The molecular formula is C19H18F2N4. The topological polar surface area (TPSA) is 74.3 Å². The van der Waals surface area contributed by atoms with Gasteiger partial charge in [0, 0.05) is 24.3 Å². The van der Waals surface area contributed by atoms with Crippen molar-refractivity contribution in [3.8, 4) is 0 Å². The first-order valence-corrected chi connectivity index (χ1v) is 7.95. The summed E-state index contributed by atoms with van der Waals surface area (Å²) in [6, 6.07) is 8.67. The van der Waals surface area contributed by atoms with Gasteiger partial charge >= 0.3 is 0 Å². The molecule has 0 amide bonds. The molecule has 0 aliphatic carbocycles. The molecule has 1 aliphatic rings. The Morgan fingerprint density at radius 3 is 2.64 bits per heavy atom. The number of halogens is 2. The predicted molar refractivity (Wildman–Crippen MR) is 97.1 cm³/mol. The van der Waals surface area contributed by atoms with E-state index < -0.39 is 5.82 Å². The molecule has 0 aromatic heterocycles. The minimum Gasteiger partial charge on any atom is -0.398 e. The fourth-order valence-electron chi connectivity index (χ4n) is 2.56. The highest BCUT2D eigenvalue weighted by atomic mass is 19.1. The summed E-state index contributed by atoms with van der Waals surface area (Å²) < 4.78 is 27.2. The molecule has 3 rings (SSSR count). The summed E-state index contributed by atoms with van der Waals surface area (Å²) in [4.78, 5) is 4.29. The second kappa shape index (κ2) is 7.25. The molecule has 4 nitrogen and oxygen atoms in total. The van der Waals surface area contributed by atoms with Crippen molar-refractivity contribution in [2.75, 3.05) is 18.8 Å². The first-order chi connectivity index (χ1) is 12.0. The van der Waals surface area contributed by atoms with E-state index in [1.165, 1.54) is 18.2 Å². The largest absolute Gasteiger partial charge is 0.398 e. The molecule has 0 fully saturated rings. The molecule has 25 heavy (non-hydrogen) atoms. The minimum absolute atomic E-state index is 0.138. The summed E-state index contributed by atoms with van der Waals surface area (Å²) in [5.74, 6) is -0.301. The van der Waals surface area contributed by atoms with Crippen molar-refractivity contribution in [1.29, 1.82) is 5.41 Å². The lowest BCUT2D eigenvalue weighted by atomic mass is 10.0. The van der Waals surface area contributed by atoms with Crippen molar-refractivity contribution in [3.63, 3.8) is 0 Å². The van der Waals surface area contributed by atoms with Crippen LogP contribution in [0.25, 0.3) is 6.08 Å². The quantitative estimate of drug-likeness (QED) is 0.590. The minimum atomic E-state index is -0.468. The Hall–Kier alpha value is -3.02. The fourth-order valence-corrected chi connectivity index (χ4v) is 2.56. The molecule has 0 atom stereocenters. The maximum absolute atomic E-state index is 14.2. The number of benzene rings is 2. The Kier molecular flexibility index (Phi) is 4.88. The van der Waals surface area contributed by atoms with Crippen molar-refractivity contribution < 1.29 is 8.78 Å². The highest BCUT2D eigenvalue weighted by molar-refractivity contribution is 6.13. The molecule has 0 radical (unpaired) electrons. The van der Waals surface area contributed by atoms with Gasteiger partial charge in [-0.1, -0.05) is 18.2 Å². The number of rotatable bonds is 4. The average molecular weight is 340 g/mol. The standard InChI is InChI=1S/C19H18F2N4/c20-13-5-2-12(3-6-13)4-7-17(22)15-10-14(16(21)11-18(15)23)19-24-8-1-9-25-19/h2-7,10-11,22H,1,8-9,23H2,(H,24,25)/b7-4+,22-17?. The Labute approximate surface area is 144 Å². The lowest BCUT2D eigenvalue weighted by Gasteiger charge is -2.16. The molecule has 0 spiro atoms. The number of hydrogen-bond acceptors (Lipinski definition) is 4. The lowest BCUT2D eigenvalue weighted by Crippen LogP contribution is -2.31. The zero-order valence-corrected chi connectivity index (χ0v) is 13.5. The van der Waals surface area contributed by atoms with Crippen LogP contribution in [-0.2, 0) is 0 Å². The van der Waals surface area contributed by atoms with Crippen molar-refractivity contribution in [2.24, 2.45) is 4.99 Å². The van der Waals surface area contributed by atoms with Crippen molar-refractivity contribution in [2.45, 2.75) is 6.42 Å². The van der Waals surface area contributed by atoms with Gasteiger partial charge in [0.2, 0.25) is 0 Å². The van der Waals surface area contributed by atoms with Gasteiger partial charge in [-0.2, -0.15) is 0 Å². The van der Waals surface area contributed by atoms with Crippen molar-refractivity contribution in [1.82, 2.24) is 5.32 Å². The van der Waals surface area contributed by atoms with Gasteiger partial charge in [-0.25, -0.2) is 8.78 Å². The van der Waals surface area contributed by atoms with E-state index in [0.717, 1.165) is 18.5 Å². The third-order valence-corrected chi connectivity index (χ3v) is 3.89. The molecular weight excluding hydrogens is 322 g/mol. The monoisotopic (exact) mass is 340 g/mol. The van der Waals surface area contributed by atoms with E-state index in [1.807, 2.05) is 0 Å². The first-order valence-electron chi connectivity index (χ1n) is 7.95. The van der Waals surface area contributed by atoms with E-state index in [4.69, 9.17) is 11.1 Å². The Bertz CT molecular complexity index is 854. The predicted octanol–water partition coefficient (Wildman–Crippen LogP) is 3.37. The third kappa shape index (κ3) is 3.91. The number of amidine groups is 1. The summed E-state index contributed by atoms with van der Waals surface area (Å²) in [6.07, 6.45) is 4.14. The van der Waals surface area contributed by atoms with Gasteiger partial charge in [-0.05, 0) is 42.3 Å². The third-order valence-electron chi connectivity index (χ3n) is 3.89. The maximum Gasteiger partial charge on any atom is 0.136 e. The molecule has 0 saturated heterocycles. The fraction of sp³-hybridized carbons (Fsp3) is 0.158. The van der Waals surface area contributed by atoms with Crippen LogP contribution >= 0.6 is 0 Å². The number of nitrogens with zero attached hydrogens (tertiary/aromatic N) is 1. The lowest BCUT2D eigenvalue weighted by molar-refractivity contribution is 0.622. The number of hydrogen-bond donors (Lipinski definition) is 3. The molecule has 0 unspecified atom stereocenters. The first kappa shape index (κ1) is 16.8. The van der Waals surface area contributed by atoms with E-state index in [2.05, 4.69) is 10.3 Å². The highest BCUT2D eigenvalue weighted by Gasteiger charge is 2.16. The summed E-state index contributed by atoms with van der Waals surface area (Å²) in [6.45, 7) is 1.38. The number of nitrogen functional groups attached to an aromatic ring is 1. The van der Waals surface area contributed by atoms with Gasteiger partial charge in [0.25, 0.3) is 0 Å². The molecule has 2 aromatic rings. The van der Waals surface area contributed by atoms with Crippen LogP contribution in [0.3, 0.4) is 0 Å². The second-order valence-corrected chi connectivity index (χ2v) is 5.73. The molecule has 0 bridgehead atoms. The number of aliphatic imine (C=N–C) groups is 1. The molecule has 6 heteroatoms. The van der Waals surface area contributed by atoms with Gasteiger partial charge in [0.05, 0.1) is 11.3 Å². The molecule has 2 aromatic carbocycles. The molecule has 1 heterocycles. The Morgan fingerprint density at radius 1 is 1.20 bits per heavy atom.